The SMILES string of the molecule is CCN1CC=C([B-](F)(F)F)CC1. The van der Waals surface area contributed by atoms with E-state index in [0.717, 1.165) is 6.54 Å². The first kappa shape index (κ1) is 9.64. The van der Waals surface area contributed by atoms with Gasteiger partial charge in [-0.25, -0.2) is 0 Å². The van der Waals surface area contributed by atoms with Crippen LogP contribution in [0.1, 0.15) is 13.3 Å². The van der Waals surface area contributed by atoms with Crippen LogP contribution >= 0.6 is 0 Å². The average molecular weight is 178 g/mol. The summed E-state index contributed by atoms with van der Waals surface area (Å²) in [6.07, 6.45) is 1.48. The van der Waals surface area contributed by atoms with Gasteiger partial charge >= 0.3 is 6.98 Å². The van der Waals surface area contributed by atoms with E-state index in [0.29, 0.717) is 13.1 Å². The Morgan fingerprint density at radius 1 is 1.50 bits per heavy atom. The van der Waals surface area contributed by atoms with E-state index < -0.39 is 6.98 Å². The van der Waals surface area contributed by atoms with Crippen molar-refractivity contribution in [2.24, 2.45) is 0 Å². The number of nitrogens with zero attached hydrogens (tertiary/aromatic N) is 1. The summed E-state index contributed by atoms with van der Waals surface area (Å²) < 4.78 is 36.4. The van der Waals surface area contributed by atoms with Gasteiger partial charge in [0.1, 0.15) is 0 Å². The lowest BCUT2D eigenvalue weighted by Crippen LogP contribution is -2.33. The van der Waals surface area contributed by atoms with Gasteiger partial charge in [-0.3, -0.25) is 4.90 Å². The maximum atomic E-state index is 12.1. The van der Waals surface area contributed by atoms with Crippen molar-refractivity contribution in [2.75, 3.05) is 19.6 Å². The molecule has 0 radical (unpaired) electrons. The Bertz CT molecular complexity index is 188. The lowest BCUT2D eigenvalue weighted by Gasteiger charge is -2.29. The summed E-state index contributed by atoms with van der Waals surface area (Å²) in [6.45, 7) is -0.939. The Morgan fingerprint density at radius 3 is 2.50 bits per heavy atom. The first-order chi connectivity index (χ1) is 5.54. The molecule has 1 heterocycles. The zero-order valence-electron chi connectivity index (χ0n) is 7.06. The van der Waals surface area contributed by atoms with Crippen molar-refractivity contribution in [1.82, 2.24) is 4.90 Å². The Hall–Kier alpha value is -0.445. The minimum absolute atomic E-state index is 0.164. The fraction of sp³-hybridized carbons (Fsp3) is 0.714. The van der Waals surface area contributed by atoms with Gasteiger partial charge in [-0.15, -0.1) is 11.5 Å². The minimum Gasteiger partial charge on any atom is -0.445 e. The van der Waals surface area contributed by atoms with Crippen molar-refractivity contribution in [3.05, 3.63) is 11.5 Å². The van der Waals surface area contributed by atoms with E-state index in [2.05, 4.69) is 0 Å². The van der Waals surface area contributed by atoms with E-state index >= 15 is 0 Å². The van der Waals surface area contributed by atoms with E-state index in [1.807, 2.05) is 11.8 Å². The minimum atomic E-state index is -4.72. The van der Waals surface area contributed by atoms with E-state index in [9.17, 15) is 12.9 Å². The number of halogens is 3. The van der Waals surface area contributed by atoms with E-state index in [-0.39, 0.29) is 11.9 Å². The highest BCUT2D eigenvalue weighted by atomic mass is 19.4. The highest BCUT2D eigenvalue weighted by Crippen LogP contribution is 2.25. The van der Waals surface area contributed by atoms with Gasteiger partial charge in [-0.2, -0.15) is 0 Å². The third kappa shape index (κ3) is 2.27. The number of rotatable bonds is 2. The molecule has 1 aliphatic rings. The second-order valence-corrected chi connectivity index (χ2v) is 3.00. The lowest BCUT2D eigenvalue weighted by molar-refractivity contribution is 0.308. The molecule has 12 heavy (non-hydrogen) atoms. The molecule has 1 nitrogen and oxygen atoms in total. The van der Waals surface area contributed by atoms with Crippen molar-refractivity contribution in [2.45, 2.75) is 13.3 Å². The zero-order chi connectivity index (χ0) is 9.19. The highest BCUT2D eigenvalue weighted by molar-refractivity contribution is 6.66. The molecule has 5 heteroatoms. The molecule has 0 saturated heterocycles. The smallest absolute Gasteiger partial charge is 0.445 e. The van der Waals surface area contributed by atoms with Crippen LogP contribution in [0.5, 0.6) is 0 Å². The molecular formula is C7H12BF3N-. The van der Waals surface area contributed by atoms with Gasteiger partial charge in [-0.1, -0.05) is 6.92 Å². The molecule has 70 valence electrons. The molecule has 0 bridgehead atoms. The Morgan fingerprint density at radius 2 is 2.17 bits per heavy atom. The fourth-order valence-electron chi connectivity index (χ4n) is 1.31. The van der Waals surface area contributed by atoms with E-state index in [1.165, 1.54) is 6.08 Å². The number of hydrogen-bond donors (Lipinski definition) is 0. The van der Waals surface area contributed by atoms with Crippen LogP contribution in [0.3, 0.4) is 0 Å². The Balaban J connectivity index is 2.56. The second-order valence-electron chi connectivity index (χ2n) is 3.00. The van der Waals surface area contributed by atoms with Gasteiger partial charge in [0, 0.05) is 6.54 Å². The van der Waals surface area contributed by atoms with Crippen LogP contribution in [0.2, 0.25) is 0 Å². The third-order valence-electron chi connectivity index (χ3n) is 2.20. The lowest BCUT2D eigenvalue weighted by atomic mass is 9.75. The van der Waals surface area contributed by atoms with Crippen molar-refractivity contribution >= 4 is 6.98 Å². The molecule has 0 aromatic rings. The molecule has 0 N–H and O–H groups in total. The molecule has 1 rings (SSSR count). The maximum Gasteiger partial charge on any atom is 0.505 e. The van der Waals surface area contributed by atoms with Crippen LogP contribution in [-0.4, -0.2) is 31.5 Å². The number of likely N-dealkylation sites (N-methyl/N-ethyl adjacent to an activating group) is 1. The van der Waals surface area contributed by atoms with E-state index in [4.69, 9.17) is 0 Å². The molecule has 0 spiro atoms. The third-order valence-corrected chi connectivity index (χ3v) is 2.20. The summed E-state index contributed by atoms with van der Waals surface area (Å²) >= 11 is 0. The summed E-state index contributed by atoms with van der Waals surface area (Å²) in [5.41, 5.74) is -0.306. The van der Waals surface area contributed by atoms with Crippen LogP contribution in [0.4, 0.5) is 12.9 Å². The van der Waals surface area contributed by atoms with Crippen LogP contribution in [0.25, 0.3) is 0 Å². The topological polar surface area (TPSA) is 3.24 Å². The predicted octanol–water partition coefficient (Wildman–Crippen LogP) is 2.02. The fourth-order valence-corrected chi connectivity index (χ4v) is 1.31. The van der Waals surface area contributed by atoms with Gasteiger partial charge in [0.2, 0.25) is 0 Å². The molecule has 0 unspecified atom stereocenters. The van der Waals surface area contributed by atoms with Crippen molar-refractivity contribution in [1.29, 1.82) is 0 Å². The van der Waals surface area contributed by atoms with Crippen molar-refractivity contribution in [3.63, 3.8) is 0 Å². The van der Waals surface area contributed by atoms with Crippen LogP contribution in [0.15, 0.2) is 11.5 Å². The number of hydrogen-bond acceptors (Lipinski definition) is 1. The Kier molecular flexibility index (Phi) is 2.83. The zero-order valence-corrected chi connectivity index (χ0v) is 7.06. The van der Waals surface area contributed by atoms with Gasteiger partial charge in [-0.05, 0) is 19.5 Å². The summed E-state index contributed by atoms with van der Waals surface area (Å²) in [7, 11) is 0. The van der Waals surface area contributed by atoms with Crippen molar-refractivity contribution in [3.8, 4) is 0 Å². The largest absolute Gasteiger partial charge is 0.505 e. The predicted molar refractivity (Wildman–Crippen MR) is 43.9 cm³/mol. The van der Waals surface area contributed by atoms with Gasteiger partial charge in [0.15, 0.2) is 0 Å². The molecule has 0 atom stereocenters. The summed E-state index contributed by atoms with van der Waals surface area (Å²) in [4.78, 5) is 1.99. The summed E-state index contributed by atoms with van der Waals surface area (Å²) in [5.74, 6) is 0. The second kappa shape index (κ2) is 3.52. The van der Waals surface area contributed by atoms with Crippen LogP contribution < -0.4 is 0 Å². The molecule has 0 aromatic heterocycles. The normalized spacial score (nSPS) is 20.8. The first-order valence-corrected chi connectivity index (χ1v) is 4.15. The van der Waals surface area contributed by atoms with Gasteiger partial charge in [0.25, 0.3) is 0 Å². The molecule has 1 aliphatic heterocycles. The van der Waals surface area contributed by atoms with Gasteiger partial charge < -0.3 is 12.9 Å². The van der Waals surface area contributed by atoms with E-state index in [1.54, 1.807) is 0 Å². The average Bonchev–Trinajstić information content (AvgIpc) is 2.03. The highest BCUT2D eigenvalue weighted by Gasteiger charge is 2.29. The van der Waals surface area contributed by atoms with Crippen LogP contribution in [-0.2, 0) is 0 Å². The van der Waals surface area contributed by atoms with Crippen molar-refractivity contribution < 1.29 is 12.9 Å². The first-order valence-electron chi connectivity index (χ1n) is 4.15. The summed E-state index contributed by atoms with van der Waals surface area (Å²) in [6, 6.07) is 0. The molecule has 0 amide bonds. The Labute approximate surface area is 70.3 Å². The summed E-state index contributed by atoms with van der Waals surface area (Å²) in [5, 5.41) is 0. The standard InChI is InChI=1S/C7H12BF3N/c1-2-12-5-3-7(4-6-12)8(9,10)11/h3H,2,4-6H2,1H3/q-1. The quantitative estimate of drug-likeness (QED) is 0.584. The molecular weight excluding hydrogens is 166 g/mol. The molecule has 0 aromatic carbocycles. The molecule has 0 saturated carbocycles. The van der Waals surface area contributed by atoms with Gasteiger partial charge in [0.05, 0.1) is 0 Å². The van der Waals surface area contributed by atoms with Crippen LogP contribution in [0, 0.1) is 0 Å². The molecule has 0 aliphatic carbocycles. The maximum absolute atomic E-state index is 12.1. The molecule has 0 fully saturated rings. The monoisotopic (exact) mass is 178 g/mol.